The number of phenols is 1. The van der Waals surface area contributed by atoms with Crippen LogP contribution in [-0.2, 0) is 24.6 Å². The molecule has 3 fully saturated rings. The van der Waals surface area contributed by atoms with Crippen molar-refractivity contribution in [3.63, 3.8) is 0 Å². The second-order valence-electron chi connectivity index (χ2n) is 12.4. The number of hydrogen-bond donors (Lipinski definition) is 2. The van der Waals surface area contributed by atoms with E-state index in [0.717, 1.165) is 9.91 Å². The molecule has 10 nitrogen and oxygen atoms in total. The number of hydrogen-bond acceptors (Lipinski definition) is 8. The van der Waals surface area contributed by atoms with Gasteiger partial charge < -0.3 is 14.6 Å². The molecule has 2 N–H and O–H groups in total. The van der Waals surface area contributed by atoms with Crippen LogP contribution in [-0.4, -0.2) is 59.9 Å². The van der Waals surface area contributed by atoms with Crippen LogP contribution in [0.15, 0.2) is 72.3 Å². The van der Waals surface area contributed by atoms with Crippen LogP contribution < -0.4 is 14.9 Å². The van der Waals surface area contributed by atoms with Gasteiger partial charge in [0.15, 0.2) is 0 Å². The van der Waals surface area contributed by atoms with Crippen LogP contribution >= 0.6 is 23.2 Å². The van der Waals surface area contributed by atoms with Crippen molar-refractivity contribution >= 4 is 52.5 Å². The summed E-state index contributed by atoms with van der Waals surface area (Å²) in [7, 11) is 4.51. The zero-order valence-corrected chi connectivity index (χ0v) is 27.2. The van der Waals surface area contributed by atoms with Crippen LogP contribution in [0.2, 0.25) is 10.0 Å². The predicted molar refractivity (Wildman–Crippen MR) is 173 cm³/mol. The molecule has 1 saturated carbocycles. The minimum Gasteiger partial charge on any atom is -0.508 e. The Morgan fingerprint density at radius 1 is 0.872 bits per heavy atom. The molecule has 242 valence electrons. The number of methoxy groups -OCH3 is 2. The highest BCUT2D eigenvalue weighted by Crippen LogP contribution is 2.65. The Kier molecular flexibility index (Phi) is 7.48. The number of carbonyl (C=O) groups excluding carboxylic acids is 4. The second-order valence-corrected chi connectivity index (χ2v) is 13.2. The standard InChI is InChI=1S/C35H31Cl2N3O7/c1-39-31(42)22-11-10-21-23(29(22)33(39)44)16-25-32(43)40(38-27-12-6-18(36)14-26(27)37)34(45)35(25,17-4-7-19(46-2)8-5-17)30(21)24-15-20(47-3)9-13-28(24)41/h4-10,12-15,22-23,25,29-30,38,41H,11,16H2,1-3H3/t22-,23+,25-,29-,30+,35+/m0/s1. The second kappa shape index (κ2) is 11.3. The van der Waals surface area contributed by atoms with Gasteiger partial charge in [0.1, 0.15) is 17.2 Å². The third kappa shape index (κ3) is 4.45. The fraction of sp³-hybridized carbons (Fsp3) is 0.314. The van der Waals surface area contributed by atoms with Crippen molar-refractivity contribution in [2.24, 2.45) is 23.7 Å². The highest BCUT2D eigenvalue weighted by Gasteiger charge is 2.70. The van der Waals surface area contributed by atoms with E-state index in [1.54, 1.807) is 48.5 Å². The van der Waals surface area contributed by atoms with Crippen molar-refractivity contribution in [2.45, 2.75) is 24.2 Å². The average Bonchev–Trinajstić information content (AvgIpc) is 3.42. The molecular formula is C35H31Cl2N3O7. The Bertz CT molecular complexity index is 1880. The fourth-order valence-corrected chi connectivity index (χ4v) is 8.69. The first-order chi connectivity index (χ1) is 22.5. The summed E-state index contributed by atoms with van der Waals surface area (Å²) >= 11 is 12.6. The van der Waals surface area contributed by atoms with Crippen molar-refractivity contribution in [3.8, 4) is 17.2 Å². The van der Waals surface area contributed by atoms with E-state index in [1.807, 2.05) is 6.08 Å². The number of hydrazine groups is 1. The molecule has 3 aromatic rings. The lowest BCUT2D eigenvalue weighted by Gasteiger charge is -2.50. The van der Waals surface area contributed by atoms with Gasteiger partial charge in [-0.15, -0.1) is 0 Å². The summed E-state index contributed by atoms with van der Waals surface area (Å²) in [4.78, 5) is 57.8. The summed E-state index contributed by atoms with van der Waals surface area (Å²) in [5.74, 6) is -4.59. The molecule has 0 spiro atoms. The molecule has 4 aliphatic rings. The van der Waals surface area contributed by atoms with Gasteiger partial charge in [-0.3, -0.25) is 29.5 Å². The van der Waals surface area contributed by atoms with Crippen LogP contribution in [0.1, 0.15) is 29.9 Å². The number of ether oxygens (including phenoxy) is 2. The molecule has 6 atom stereocenters. The van der Waals surface area contributed by atoms with Gasteiger partial charge in [0, 0.05) is 23.6 Å². The van der Waals surface area contributed by atoms with Crippen molar-refractivity contribution in [2.75, 3.05) is 26.7 Å². The number of likely N-dealkylation sites (tertiary alicyclic amines) is 1. The first-order valence-electron chi connectivity index (χ1n) is 15.2. The Labute approximate surface area is 280 Å². The first kappa shape index (κ1) is 31.1. The Morgan fingerprint density at radius 3 is 2.26 bits per heavy atom. The molecule has 0 radical (unpaired) electrons. The van der Waals surface area contributed by atoms with E-state index in [-0.39, 0.29) is 41.1 Å². The van der Waals surface area contributed by atoms with Crippen LogP contribution in [0.5, 0.6) is 17.2 Å². The highest BCUT2D eigenvalue weighted by atomic mass is 35.5. The minimum absolute atomic E-state index is 0.107. The molecule has 0 aromatic heterocycles. The number of anilines is 1. The molecule has 2 aliphatic heterocycles. The smallest absolute Gasteiger partial charge is 0.260 e. The lowest BCUT2D eigenvalue weighted by Crippen LogP contribution is -2.53. The highest BCUT2D eigenvalue weighted by molar-refractivity contribution is 6.36. The molecule has 0 unspecified atom stereocenters. The number of phenolic OH excluding ortho intramolecular Hbond substituents is 1. The molecule has 2 aliphatic carbocycles. The number of halogens is 2. The number of allylic oxidation sites excluding steroid dienone is 2. The third-order valence-electron chi connectivity index (χ3n) is 10.3. The van der Waals surface area contributed by atoms with E-state index < -0.39 is 46.8 Å². The lowest BCUT2D eigenvalue weighted by molar-refractivity contribution is -0.140. The zero-order chi connectivity index (χ0) is 33.4. The van der Waals surface area contributed by atoms with E-state index >= 15 is 4.79 Å². The Morgan fingerprint density at radius 2 is 1.57 bits per heavy atom. The monoisotopic (exact) mass is 675 g/mol. The van der Waals surface area contributed by atoms with Gasteiger partial charge in [0.2, 0.25) is 11.8 Å². The summed E-state index contributed by atoms with van der Waals surface area (Å²) in [6.45, 7) is 0. The number of amides is 4. The van der Waals surface area contributed by atoms with Crippen LogP contribution in [0.25, 0.3) is 0 Å². The summed E-state index contributed by atoms with van der Waals surface area (Å²) in [6, 6.07) is 16.4. The molecular weight excluding hydrogens is 645 g/mol. The zero-order valence-electron chi connectivity index (χ0n) is 25.7. The maximum atomic E-state index is 15.2. The number of rotatable bonds is 6. The van der Waals surface area contributed by atoms with Gasteiger partial charge in [-0.25, -0.2) is 0 Å². The van der Waals surface area contributed by atoms with E-state index in [2.05, 4.69) is 5.43 Å². The van der Waals surface area contributed by atoms with Gasteiger partial charge >= 0.3 is 0 Å². The summed E-state index contributed by atoms with van der Waals surface area (Å²) < 4.78 is 11.0. The molecule has 12 heteroatoms. The average molecular weight is 677 g/mol. The third-order valence-corrected chi connectivity index (χ3v) is 10.9. The van der Waals surface area contributed by atoms with Crippen molar-refractivity contribution < 1.29 is 33.8 Å². The predicted octanol–water partition coefficient (Wildman–Crippen LogP) is 5.33. The molecule has 4 amide bonds. The van der Waals surface area contributed by atoms with Gasteiger partial charge in [-0.1, -0.05) is 47.0 Å². The number of aromatic hydroxyl groups is 1. The fourth-order valence-electron chi connectivity index (χ4n) is 8.24. The topological polar surface area (TPSA) is 125 Å². The van der Waals surface area contributed by atoms with Crippen molar-refractivity contribution in [1.82, 2.24) is 9.91 Å². The molecule has 2 saturated heterocycles. The van der Waals surface area contributed by atoms with E-state index in [1.165, 1.54) is 33.4 Å². The number of nitrogens with one attached hydrogen (secondary N) is 1. The quantitative estimate of drug-likeness (QED) is 0.265. The van der Waals surface area contributed by atoms with Gasteiger partial charge in [-0.05, 0) is 72.9 Å². The number of nitrogens with zero attached hydrogens (tertiary/aromatic N) is 2. The Hall–Kier alpha value is -4.54. The van der Waals surface area contributed by atoms with Crippen LogP contribution in [0.3, 0.4) is 0 Å². The maximum Gasteiger partial charge on any atom is 0.260 e. The number of imide groups is 2. The summed E-state index contributed by atoms with van der Waals surface area (Å²) in [5, 5.41) is 13.0. The normalized spacial score (nSPS) is 28.1. The maximum absolute atomic E-state index is 15.2. The number of benzene rings is 3. The lowest BCUT2D eigenvalue weighted by atomic mass is 9.49. The summed E-state index contributed by atoms with van der Waals surface area (Å²) in [6.07, 6.45) is 2.32. The number of fused-ring (bicyclic) bond motifs is 4. The van der Waals surface area contributed by atoms with E-state index in [4.69, 9.17) is 32.7 Å². The van der Waals surface area contributed by atoms with Crippen LogP contribution in [0.4, 0.5) is 5.69 Å². The molecule has 3 aromatic carbocycles. The van der Waals surface area contributed by atoms with Crippen molar-refractivity contribution in [1.29, 1.82) is 0 Å². The van der Waals surface area contributed by atoms with Crippen LogP contribution in [0, 0.1) is 23.7 Å². The van der Waals surface area contributed by atoms with Gasteiger partial charge in [0.05, 0.1) is 48.1 Å². The van der Waals surface area contributed by atoms with Gasteiger partial charge in [-0.2, -0.15) is 5.01 Å². The number of carbonyl (C=O) groups is 4. The molecule has 0 bridgehead atoms. The molecule has 7 rings (SSSR count). The Balaban J connectivity index is 1.50. The molecule has 2 heterocycles. The van der Waals surface area contributed by atoms with Crippen molar-refractivity contribution in [3.05, 3.63) is 93.5 Å². The molecule has 47 heavy (non-hydrogen) atoms. The largest absolute Gasteiger partial charge is 0.508 e. The first-order valence-corrected chi connectivity index (χ1v) is 15.9. The van der Waals surface area contributed by atoms with Gasteiger partial charge in [0.25, 0.3) is 11.8 Å². The SMILES string of the molecule is COc1ccc([C@@]23C(=O)N(Nc4ccc(Cl)cc4Cl)C(=O)[C@@H]2C[C@@H]2C(=CC[C@@H]4C(=O)N(C)C(=O)[C@@H]42)[C@@H]3c2cc(OC)ccc2O)cc1. The minimum atomic E-state index is -1.59. The van der Waals surface area contributed by atoms with E-state index in [9.17, 15) is 19.5 Å². The summed E-state index contributed by atoms with van der Waals surface area (Å²) in [5.41, 5.74) is 3.24. The van der Waals surface area contributed by atoms with E-state index in [0.29, 0.717) is 33.2 Å².